The molecule has 1 aromatic heterocycles. The smallest absolute Gasteiger partial charge is 0.335 e. The van der Waals surface area contributed by atoms with Crippen molar-refractivity contribution in [3.05, 3.63) is 88.5 Å². The van der Waals surface area contributed by atoms with Gasteiger partial charge in [-0.1, -0.05) is 18.2 Å². The molecule has 1 unspecified atom stereocenters. The minimum absolute atomic E-state index is 0.222. The molecular formula is C25H21FN2O3. The fourth-order valence-electron chi connectivity index (χ4n) is 5.52. The molecular weight excluding hydrogens is 395 g/mol. The van der Waals surface area contributed by atoms with Crippen molar-refractivity contribution in [1.29, 1.82) is 0 Å². The van der Waals surface area contributed by atoms with E-state index in [1.54, 1.807) is 24.3 Å². The molecule has 1 aliphatic heterocycles. The van der Waals surface area contributed by atoms with E-state index in [4.69, 9.17) is 4.74 Å². The van der Waals surface area contributed by atoms with Crippen LogP contribution >= 0.6 is 0 Å². The van der Waals surface area contributed by atoms with Gasteiger partial charge in [0.15, 0.2) is 0 Å². The summed E-state index contributed by atoms with van der Waals surface area (Å²) in [7, 11) is 0. The molecule has 2 heterocycles. The molecule has 2 fully saturated rings. The molecule has 3 aliphatic rings. The summed E-state index contributed by atoms with van der Waals surface area (Å²) in [4.78, 5) is 11.5. The largest absolute Gasteiger partial charge is 0.478 e. The van der Waals surface area contributed by atoms with Crippen molar-refractivity contribution in [3.8, 4) is 5.69 Å². The number of fused-ring (bicyclic) bond motifs is 1. The van der Waals surface area contributed by atoms with Crippen LogP contribution in [0.25, 0.3) is 11.8 Å². The van der Waals surface area contributed by atoms with Crippen LogP contribution in [0.4, 0.5) is 4.39 Å². The standard InChI is InChI=1S/C25H21FN2O3/c26-19-5-7-20(8-6-19)28-22-13-18-10-12-24(25(18,31-24)14-17(22)15-27-28)11-9-16-3-1-2-4-21(16)23(29)30/h1-8,13,15H,9-12,14H2,(H,29,30)/t24-,25?/m0/s1. The van der Waals surface area contributed by atoms with Crippen molar-refractivity contribution in [2.24, 2.45) is 0 Å². The van der Waals surface area contributed by atoms with Gasteiger partial charge >= 0.3 is 5.97 Å². The number of carbonyl (C=O) groups is 1. The number of hydrogen-bond acceptors (Lipinski definition) is 3. The van der Waals surface area contributed by atoms with E-state index in [9.17, 15) is 14.3 Å². The average Bonchev–Trinajstić information content (AvgIpc) is 3.05. The highest BCUT2D eigenvalue weighted by Crippen LogP contribution is 2.67. The fraction of sp³-hybridized carbons (Fsp3) is 0.280. The van der Waals surface area contributed by atoms with E-state index in [0.717, 1.165) is 48.2 Å². The lowest BCUT2D eigenvalue weighted by Gasteiger charge is -2.20. The number of carboxylic acid groups (broad SMARTS) is 1. The summed E-state index contributed by atoms with van der Waals surface area (Å²) in [6.07, 6.45) is 8.24. The third kappa shape index (κ3) is 2.64. The third-order valence-corrected chi connectivity index (χ3v) is 7.13. The van der Waals surface area contributed by atoms with E-state index in [0.29, 0.717) is 12.0 Å². The normalized spacial score (nSPS) is 25.4. The molecule has 0 radical (unpaired) electrons. The third-order valence-electron chi connectivity index (χ3n) is 7.13. The Morgan fingerprint density at radius 1 is 1.19 bits per heavy atom. The predicted octanol–water partition coefficient (Wildman–Crippen LogP) is 4.58. The topological polar surface area (TPSA) is 67.6 Å². The average molecular weight is 416 g/mol. The lowest BCUT2D eigenvalue weighted by Crippen LogP contribution is -2.27. The molecule has 1 saturated carbocycles. The molecule has 3 aromatic rings. The number of epoxide rings is 1. The van der Waals surface area contributed by atoms with Gasteiger partial charge in [0.1, 0.15) is 17.0 Å². The summed E-state index contributed by atoms with van der Waals surface area (Å²) in [5, 5.41) is 14.0. The highest BCUT2D eigenvalue weighted by atomic mass is 19.1. The van der Waals surface area contributed by atoms with Crippen molar-refractivity contribution < 1.29 is 19.0 Å². The van der Waals surface area contributed by atoms with Crippen LogP contribution in [0.5, 0.6) is 0 Å². The molecule has 6 heteroatoms. The van der Waals surface area contributed by atoms with E-state index in [1.165, 1.54) is 17.7 Å². The van der Waals surface area contributed by atoms with Crippen molar-refractivity contribution >= 4 is 12.0 Å². The minimum atomic E-state index is -0.887. The highest BCUT2D eigenvalue weighted by Gasteiger charge is 2.74. The molecule has 1 saturated heterocycles. The van der Waals surface area contributed by atoms with Crippen LogP contribution in [-0.2, 0) is 17.6 Å². The Kier molecular flexibility index (Phi) is 3.81. The monoisotopic (exact) mass is 416 g/mol. The number of aryl methyl sites for hydroxylation is 1. The van der Waals surface area contributed by atoms with E-state index in [-0.39, 0.29) is 17.0 Å². The van der Waals surface area contributed by atoms with Gasteiger partial charge in [0, 0.05) is 12.0 Å². The van der Waals surface area contributed by atoms with Gasteiger partial charge in [0.05, 0.1) is 23.1 Å². The molecule has 156 valence electrons. The number of hydrogen-bond donors (Lipinski definition) is 1. The van der Waals surface area contributed by atoms with Crippen molar-refractivity contribution in [2.45, 2.75) is 43.3 Å². The maximum Gasteiger partial charge on any atom is 0.335 e. The summed E-state index contributed by atoms with van der Waals surface area (Å²) < 4.78 is 21.6. The van der Waals surface area contributed by atoms with Gasteiger partial charge in [0.2, 0.25) is 0 Å². The zero-order valence-electron chi connectivity index (χ0n) is 16.8. The highest BCUT2D eigenvalue weighted by molar-refractivity contribution is 5.89. The van der Waals surface area contributed by atoms with Crippen LogP contribution in [0.15, 0.2) is 60.3 Å². The molecule has 0 amide bonds. The first kappa shape index (κ1) is 18.5. The van der Waals surface area contributed by atoms with E-state index in [1.807, 2.05) is 23.0 Å². The Morgan fingerprint density at radius 2 is 2.00 bits per heavy atom. The van der Waals surface area contributed by atoms with Crippen LogP contribution in [0.2, 0.25) is 0 Å². The Labute approximate surface area is 178 Å². The van der Waals surface area contributed by atoms with Crippen LogP contribution in [-0.4, -0.2) is 32.1 Å². The van der Waals surface area contributed by atoms with Gasteiger partial charge in [-0.3, -0.25) is 0 Å². The lowest BCUT2D eigenvalue weighted by atomic mass is 9.81. The molecule has 1 spiro atoms. The second-order valence-electron chi connectivity index (χ2n) is 8.68. The van der Waals surface area contributed by atoms with E-state index < -0.39 is 5.97 Å². The SMILES string of the molecule is O=C(O)c1ccccc1CC[C@]12CCC3=Cc4c(cnn4-c4ccc(F)cc4)CC31O2. The maximum absolute atomic E-state index is 13.3. The number of benzene rings is 2. The van der Waals surface area contributed by atoms with Gasteiger partial charge < -0.3 is 9.84 Å². The zero-order chi connectivity index (χ0) is 21.2. The van der Waals surface area contributed by atoms with Crippen LogP contribution in [0.1, 0.15) is 46.4 Å². The summed E-state index contributed by atoms with van der Waals surface area (Å²) in [6.45, 7) is 0. The first-order chi connectivity index (χ1) is 15.0. The number of aromatic carboxylic acids is 1. The fourth-order valence-corrected chi connectivity index (χ4v) is 5.52. The summed E-state index contributed by atoms with van der Waals surface area (Å²) in [5.74, 6) is -1.15. The van der Waals surface area contributed by atoms with Gasteiger partial charge in [-0.25, -0.2) is 13.9 Å². The summed E-state index contributed by atoms with van der Waals surface area (Å²) in [5.41, 5.74) is 5.01. The van der Waals surface area contributed by atoms with E-state index >= 15 is 0 Å². The predicted molar refractivity (Wildman–Crippen MR) is 113 cm³/mol. The number of rotatable bonds is 5. The quantitative estimate of drug-likeness (QED) is 0.618. The van der Waals surface area contributed by atoms with Crippen LogP contribution in [0.3, 0.4) is 0 Å². The lowest BCUT2D eigenvalue weighted by molar-refractivity contribution is 0.0695. The second kappa shape index (κ2) is 6.37. The van der Waals surface area contributed by atoms with Gasteiger partial charge in [0.25, 0.3) is 0 Å². The van der Waals surface area contributed by atoms with Crippen molar-refractivity contribution in [3.63, 3.8) is 0 Å². The van der Waals surface area contributed by atoms with Gasteiger partial charge in [-0.05, 0) is 73.2 Å². The zero-order valence-corrected chi connectivity index (χ0v) is 16.8. The van der Waals surface area contributed by atoms with Gasteiger partial charge in [-0.15, -0.1) is 0 Å². The Bertz CT molecular complexity index is 1250. The Balaban J connectivity index is 1.27. The number of nitrogens with zero attached hydrogens (tertiary/aromatic N) is 2. The van der Waals surface area contributed by atoms with Crippen LogP contribution < -0.4 is 0 Å². The number of ether oxygens (including phenoxy) is 1. The molecule has 0 bridgehead atoms. The first-order valence-corrected chi connectivity index (χ1v) is 10.6. The maximum atomic E-state index is 13.3. The molecule has 2 aliphatic carbocycles. The minimum Gasteiger partial charge on any atom is -0.478 e. The number of aromatic nitrogens is 2. The molecule has 2 atom stereocenters. The van der Waals surface area contributed by atoms with Crippen LogP contribution in [0, 0.1) is 5.82 Å². The van der Waals surface area contributed by atoms with Crippen molar-refractivity contribution in [1.82, 2.24) is 9.78 Å². The molecule has 6 rings (SSSR count). The number of halogens is 1. The molecule has 31 heavy (non-hydrogen) atoms. The molecule has 2 aromatic carbocycles. The van der Waals surface area contributed by atoms with Crippen molar-refractivity contribution in [2.75, 3.05) is 0 Å². The van der Waals surface area contributed by atoms with E-state index in [2.05, 4.69) is 11.2 Å². The number of carboxylic acids is 1. The summed E-state index contributed by atoms with van der Waals surface area (Å²) >= 11 is 0. The first-order valence-electron chi connectivity index (χ1n) is 10.6. The molecule has 5 nitrogen and oxygen atoms in total. The summed E-state index contributed by atoms with van der Waals surface area (Å²) in [6, 6.07) is 13.6. The Hall–Kier alpha value is -3.25. The molecule has 1 N–H and O–H groups in total. The van der Waals surface area contributed by atoms with Gasteiger partial charge in [-0.2, -0.15) is 5.10 Å². The Morgan fingerprint density at radius 3 is 2.81 bits per heavy atom. The second-order valence-corrected chi connectivity index (χ2v) is 8.68.